The molecule has 1 unspecified atom stereocenters. The maximum Gasteiger partial charge on any atom is 0.310 e. The van der Waals surface area contributed by atoms with Crippen molar-refractivity contribution in [3.8, 4) is 0 Å². The topological polar surface area (TPSA) is 77.2 Å². The molecule has 0 fully saturated rings. The van der Waals surface area contributed by atoms with Crippen molar-refractivity contribution < 1.29 is 9.53 Å². The number of aromatic nitrogens is 1. The molecule has 2 rings (SSSR count). The van der Waals surface area contributed by atoms with Gasteiger partial charge in [0.25, 0.3) is 0 Å². The summed E-state index contributed by atoms with van der Waals surface area (Å²) in [7, 11) is 1.38. The van der Waals surface area contributed by atoms with Gasteiger partial charge in [-0.1, -0.05) is 25.1 Å². The van der Waals surface area contributed by atoms with Crippen molar-refractivity contribution in [2.75, 3.05) is 24.7 Å². The number of hydrogen-bond acceptors (Lipinski definition) is 5. The van der Waals surface area contributed by atoms with Crippen molar-refractivity contribution in [1.29, 1.82) is 0 Å². The Kier molecular flexibility index (Phi) is 3.85. The van der Waals surface area contributed by atoms with Crippen molar-refractivity contribution in [3.63, 3.8) is 0 Å². The lowest BCUT2D eigenvalue weighted by atomic mass is 10.1. The van der Waals surface area contributed by atoms with E-state index in [0.717, 1.165) is 16.6 Å². The van der Waals surface area contributed by atoms with Crippen molar-refractivity contribution in [2.45, 2.75) is 6.92 Å². The molecule has 5 heteroatoms. The largest absolute Gasteiger partial charge is 0.469 e. The lowest BCUT2D eigenvalue weighted by Crippen LogP contribution is -2.22. The van der Waals surface area contributed by atoms with Crippen LogP contribution in [-0.4, -0.2) is 24.6 Å². The van der Waals surface area contributed by atoms with E-state index in [1.165, 1.54) is 7.11 Å². The number of pyridine rings is 1. The van der Waals surface area contributed by atoms with Gasteiger partial charge < -0.3 is 15.8 Å². The number of nitrogens with zero attached hydrogens (tertiary/aromatic N) is 1. The number of hydrogen-bond donors (Lipinski definition) is 2. The highest BCUT2D eigenvalue weighted by Crippen LogP contribution is 2.27. The summed E-state index contributed by atoms with van der Waals surface area (Å²) in [6.45, 7) is 2.27. The molecular formula is C14H17N3O2. The van der Waals surface area contributed by atoms with Crippen LogP contribution in [0.15, 0.2) is 30.5 Å². The zero-order valence-electron chi connectivity index (χ0n) is 11.0. The van der Waals surface area contributed by atoms with Gasteiger partial charge in [-0.2, -0.15) is 0 Å². The SMILES string of the molecule is COC(=O)C(C)CNc1c(N)cnc2ccccc12. The highest BCUT2D eigenvalue weighted by Gasteiger charge is 2.14. The maximum atomic E-state index is 11.4. The first-order chi connectivity index (χ1) is 9.13. The molecule has 1 heterocycles. The second-order valence-corrected chi connectivity index (χ2v) is 4.41. The summed E-state index contributed by atoms with van der Waals surface area (Å²) in [6, 6.07) is 7.72. The molecule has 0 aliphatic carbocycles. The third kappa shape index (κ3) is 2.76. The number of para-hydroxylation sites is 1. The number of carbonyl (C=O) groups is 1. The van der Waals surface area contributed by atoms with Crippen molar-refractivity contribution in [1.82, 2.24) is 4.98 Å². The number of benzene rings is 1. The predicted molar refractivity (Wildman–Crippen MR) is 75.8 cm³/mol. The van der Waals surface area contributed by atoms with Gasteiger partial charge in [-0.15, -0.1) is 0 Å². The molecule has 1 aromatic carbocycles. The van der Waals surface area contributed by atoms with E-state index in [2.05, 4.69) is 10.3 Å². The van der Waals surface area contributed by atoms with E-state index in [9.17, 15) is 4.79 Å². The van der Waals surface area contributed by atoms with Crippen LogP contribution in [0.25, 0.3) is 10.9 Å². The highest BCUT2D eigenvalue weighted by atomic mass is 16.5. The number of rotatable bonds is 4. The van der Waals surface area contributed by atoms with Crippen molar-refractivity contribution in [2.24, 2.45) is 5.92 Å². The minimum atomic E-state index is -0.246. The van der Waals surface area contributed by atoms with Crippen LogP contribution in [0.3, 0.4) is 0 Å². The monoisotopic (exact) mass is 259 g/mol. The number of nitrogens with one attached hydrogen (secondary N) is 1. The van der Waals surface area contributed by atoms with E-state index in [1.54, 1.807) is 13.1 Å². The summed E-state index contributed by atoms with van der Waals surface area (Å²) in [6.07, 6.45) is 1.62. The number of carbonyl (C=O) groups excluding carboxylic acids is 1. The quantitative estimate of drug-likeness (QED) is 0.822. The van der Waals surface area contributed by atoms with Crippen LogP contribution < -0.4 is 11.1 Å². The van der Waals surface area contributed by atoms with E-state index < -0.39 is 0 Å². The van der Waals surface area contributed by atoms with Gasteiger partial charge in [0.15, 0.2) is 0 Å². The van der Waals surface area contributed by atoms with E-state index in [1.807, 2.05) is 24.3 Å². The molecule has 0 aliphatic heterocycles. The first-order valence-corrected chi connectivity index (χ1v) is 6.08. The molecule has 3 N–H and O–H groups in total. The number of methoxy groups -OCH3 is 1. The third-order valence-corrected chi connectivity index (χ3v) is 2.99. The van der Waals surface area contributed by atoms with Crippen LogP contribution in [-0.2, 0) is 9.53 Å². The summed E-state index contributed by atoms with van der Waals surface area (Å²) in [5.41, 5.74) is 8.18. The van der Waals surface area contributed by atoms with Crippen molar-refractivity contribution >= 4 is 28.2 Å². The van der Waals surface area contributed by atoms with Gasteiger partial charge in [0.05, 0.1) is 36.1 Å². The Bertz CT molecular complexity index is 598. The molecule has 5 nitrogen and oxygen atoms in total. The average Bonchev–Trinajstić information content (AvgIpc) is 2.45. The molecule has 100 valence electrons. The molecule has 1 aromatic heterocycles. The van der Waals surface area contributed by atoms with Gasteiger partial charge in [-0.3, -0.25) is 9.78 Å². The molecule has 0 saturated heterocycles. The number of nitrogen functional groups attached to an aromatic ring is 1. The molecule has 0 bridgehead atoms. The van der Waals surface area contributed by atoms with Gasteiger partial charge in [0, 0.05) is 11.9 Å². The fourth-order valence-electron chi connectivity index (χ4n) is 1.89. The van der Waals surface area contributed by atoms with Crippen LogP contribution in [0.1, 0.15) is 6.92 Å². The van der Waals surface area contributed by atoms with Crippen LogP contribution in [0.4, 0.5) is 11.4 Å². The van der Waals surface area contributed by atoms with Gasteiger partial charge in [-0.25, -0.2) is 0 Å². The minimum absolute atomic E-state index is 0.240. The Balaban J connectivity index is 2.25. The molecule has 0 amide bonds. The van der Waals surface area contributed by atoms with Crippen LogP contribution in [0.5, 0.6) is 0 Å². The first kappa shape index (κ1) is 13.1. The van der Waals surface area contributed by atoms with Gasteiger partial charge in [0.1, 0.15) is 0 Å². The van der Waals surface area contributed by atoms with E-state index in [-0.39, 0.29) is 11.9 Å². The normalized spacial score (nSPS) is 12.1. The number of esters is 1. The van der Waals surface area contributed by atoms with E-state index in [4.69, 9.17) is 10.5 Å². The number of ether oxygens (including phenoxy) is 1. The Hall–Kier alpha value is -2.30. The standard InChI is InChI=1S/C14H17N3O2/c1-9(14(18)19-2)7-17-13-10-5-3-4-6-12(10)16-8-11(13)15/h3-6,8-9H,7,15H2,1-2H3,(H,16,17). The Morgan fingerprint density at radius 3 is 2.95 bits per heavy atom. The van der Waals surface area contributed by atoms with Gasteiger partial charge >= 0.3 is 5.97 Å². The summed E-state index contributed by atoms with van der Waals surface area (Å²) in [5.74, 6) is -0.485. The first-order valence-electron chi connectivity index (χ1n) is 6.08. The van der Waals surface area contributed by atoms with E-state index in [0.29, 0.717) is 12.2 Å². The van der Waals surface area contributed by atoms with Gasteiger partial charge in [-0.05, 0) is 6.07 Å². The van der Waals surface area contributed by atoms with Crippen molar-refractivity contribution in [3.05, 3.63) is 30.5 Å². The summed E-state index contributed by atoms with van der Waals surface area (Å²) < 4.78 is 4.70. The Labute approximate surface area is 111 Å². The van der Waals surface area contributed by atoms with E-state index >= 15 is 0 Å². The highest BCUT2D eigenvalue weighted by molar-refractivity contribution is 5.96. The summed E-state index contributed by atoms with van der Waals surface area (Å²) in [5, 5.41) is 4.15. The molecule has 0 spiro atoms. The summed E-state index contributed by atoms with van der Waals surface area (Å²) >= 11 is 0. The molecule has 0 saturated carbocycles. The predicted octanol–water partition coefficient (Wildman–Crippen LogP) is 2.04. The number of anilines is 2. The fraction of sp³-hybridized carbons (Fsp3) is 0.286. The zero-order chi connectivity index (χ0) is 13.8. The number of fused-ring (bicyclic) bond motifs is 1. The van der Waals surface area contributed by atoms with Crippen LogP contribution >= 0.6 is 0 Å². The molecule has 1 atom stereocenters. The average molecular weight is 259 g/mol. The number of nitrogens with two attached hydrogens (primary N) is 1. The molecule has 2 aromatic rings. The zero-order valence-corrected chi connectivity index (χ0v) is 11.0. The molecule has 0 radical (unpaired) electrons. The molecule has 0 aliphatic rings. The maximum absolute atomic E-state index is 11.4. The van der Waals surface area contributed by atoms with Gasteiger partial charge in [0.2, 0.25) is 0 Å². The van der Waals surface area contributed by atoms with Crippen LogP contribution in [0, 0.1) is 5.92 Å². The lowest BCUT2D eigenvalue weighted by molar-refractivity contribution is -0.144. The summed E-state index contributed by atoms with van der Waals surface area (Å²) in [4.78, 5) is 15.6. The Morgan fingerprint density at radius 2 is 2.21 bits per heavy atom. The fourth-order valence-corrected chi connectivity index (χ4v) is 1.89. The second kappa shape index (κ2) is 5.56. The molecule has 19 heavy (non-hydrogen) atoms. The Morgan fingerprint density at radius 1 is 1.47 bits per heavy atom. The third-order valence-electron chi connectivity index (χ3n) is 2.99. The lowest BCUT2D eigenvalue weighted by Gasteiger charge is -2.15. The molecular weight excluding hydrogens is 242 g/mol. The smallest absolute Gasteiger partial charge is 0.310 e. The second-order valence-electron chi connectivity index (χ2n) is 4.41. The minimum Gasteiger partial charge on any atom is -0.469 e. The van der Waals surface area contributed by atoms with Crippen LogP contribution in [0.2, 0.25) is 0 Å².